The van der Waals surface area contributed by atoms with E-state index in [1.54, 1.807) is 0 Å². The molecule has 12 rings (SSSR count). The van der Waals surface area contributed by atoms with Crippen molar-refractivity contribution in [3.63, 3.8) is 0 Å². The van der Waals surface area contributed by atoms with Crippen molar-refractivity contribution < 1.29 is 4.42 Å². The molecule has 3 aromatic heterocycles. The summed E-state index contributed by atoms with van der Waals surface area (Å²) < 4.78 is 11.4. The van der Waals surface area contributed by atoms with Gasteiger partial charge in [0, 0.05) is 42.9 Å². The first-order chi connectivity index (χ1) is 28.8. The van der Waals surface area contributed by atoms with E-state index in [9.17, 15) is 0 Å². The number of furan rings is 1. The van der Waals surface area contributed by atoms with Crippen LogP contribution in [-0.4, -0.2) is 4.57 Å². The summed E-state index contributed by atoms with van der Waals surface area (Å²) in [7, 11) is 0. The van der Waals surface area contributed by atoms with E-state index in [0.717, 1.165) is 44.6 Å². The number of hydrogen-bond donors (Lipinski definition) is 0. The van der Waals surface area contributed by atoms with Gasteiger partial charge < -0.3 is 13.9 Å². The fraction of sp³-hybridized carbons (Fsp3) is 0. The molecule has 0 atom stereocenters. The molecule has 0 aliphatic heterocycles. The van der Waals surface area contributed by atoms with Crippen molar-refractivity contribution in [2.75, 3.05) is 4.90 Å². The molecule has 0 bridgehead atoms. The van der Waals surface area contributed by atoms with Crippen LogP contribution in [0, 0.1) is 0 Å². The normalized spacial score (nSPS) is 11.8. The number of fused-ring (bicyclic) bond motifs is 9. The molecule has 0 spiro atoms. The second-order valence-corrected chi connectivity index (χ2v) is 15.9. The van der Waals surface area contributed by atoms with Crippen LogP contribution in [0.25, 0.3) is 91.9 Å². The van der Waals surface area contributed by atoms with Crippen molar-refractivity contribution in [2.45, 2.75) is 0 Å². The Morgan fingerprint density at radius 1 is 0.414 bits per heavy atom. The van der Waals surface area contributed by atoms with E-state index >= 15 is 0 Å². The molecule has 0 radical (unpaired) electrons. The van der Waals surface area contributed by atoms with E-state index in [1.807, 2.05) is 17.4 Å². The molecule has 0 aliphatic carbocycles. The van der Waals surface area contributed by atoms with Gasteiger partial charge in [0.15, 0.2) is 0 Å². The number of hydrogen-bond acceptors (Lipinski definition) is 3. The number of benzene rings is 9. The van der Waals surface area contributed by atoms with Gasteiger partial charge in [0.2, 0.25) is 0 Å². The van der Waals surface area contributed by atoms with E-state index in [0.29, 0.717) is 0 Å². The van der Waals surface area contributed by atoms with E-state index in [4.69, 9.17) is 4.42 Å². The van der Waals surface area contributed by atoms with Gasteiger partial charge >= 0.3 is 0 Å². The standard InChI is InChI=1S/C54H34N2OS/c1-6-22-45(56-46-23-7-2-17-40(46)41-18-3-8-24-47(41)56)39(16-1)37-15-11-14-36(34-37)35-30-32-38(33-31-35)55(48-25-13-28-51-53(48)44-20-4-9-27-50(44)57-51)49-26-12-21-43-42-19-5-10-29-52(42)58-54(43)49/h1-34H. The summed E-state index contributed by atoms with van der Waals surface area (Å²) in [5, 5.41) is 7.28. The zero-order chi connectivity index (χ0) is 38.2. The molecule has 0 N–H and O–H groups in total. The first kappa shape index (κ1) is 32.8. The van der Waals surface area contributed by atoms with E-state index < -0.39 is 0 Å². The lowest BCUT2D eigenvalue weighted by Crippen LogP contribution is -2.10. The topological polar surface area (TPSA) is 21.3 Å². The second-order valence-electron chi connectivity index (χ2n) is 14.9. The summed E-state index contributed by atoms with van der Waals surface area (Å²) >= 11 is 1.85. The molecule has 0 unspecified atom stereocenters. The zero-order valence-electron chi connectivity index (χ0n) is 31.3. The smallest absolute Gasteiger partial charge is 0.137 e. The van der Waals surface area contributed by atoms with E-state index in [2.05, 4.69) is 210 Å². The maximum atomic E-state index is 6.42. The molecule has 0 fully saturated rings. The Kier molecular flexibility index (Phi) is 7.40. The second kappa shape index (κ2) is 13.1. The van der Waals surface area contributed by atoms with Gasteiger partial charge in [-0.1, -0.05) is 140 Å². The maximum absolute atomic E-state index is 6.42. The number of aromatic nitrogens is 1. The molecule has 58 heavy (non-hydrogen) atoms. The van der Waals surface area contributed by atoms with Crippen molar-refractivity contribution in [2.24, 2.45) is 0 Å². The van der Waals surface area contributed by atoms with E-state index in [-0.39, 0.29) is 0 Å². The summed E-state index contributed by atoms with van der Waals surface area (Å²) in [5.41, 5.74) is 13.4. The Balaban J connectivity index is 1.000. The summed E-state index contributed by atoms with van der Waals surface area (Å²) in [4.78, 5) is 2.42. The van der Waals surface area contributed by atoms with Crippen LogP contribution in [0.15, 0.2) is 211 Å². The summed E-state index contributed by atoms with van der Waals surface area (Å²) in [5.74, 6) is 0. The van der Waals surface area contributed by atoms with Gasteiger partial charge in [0.1, 0.15) is 11.2 Å². The van der Waals surface area contributed by atoms with Gasteiger partial charge in [-0.25, -0.2) is 0 Å². The number of anilines is 3. The molecule has 272 valence electrons. The summed E-state index contributed by atoms with van der Waals surface area (Å²) in [6.07, 6.45) is 0. The highest BCUT2D eigenvalue weighted by Crippen LogP contribution is 2.48. The summed E-state index contributed by atoms with van der Waals surface area (Å²) in [6, 6.07) is 74.4. The van der Waals surface area contributed by atoms with Crippen LogP contribution >= 0.6 is 11.3 Å². The Bertz CT molecular complexity index is 3480. The number of thiophene rings is 1. The zero-order valence-corrected chi connectivity index (χ0v) is 32.2. The molecule has 0 saturated heterocycles. The predicted molar refractivity (Wildman–Crippen MR) is 247 cm³/mol. The molecule has 0 saturated carbocycles. The van der Waals surface area contributed by atoms with Crippen LogP contribution < -0.4 is 4.90 Å². The monoisotopic (exact) mass is 758 g/mol. The Morgan fingerprint density at radius 3 is 1.84 bits per heavy atom. The minimum atomic E-state index is 0.877. The maximum Gasteiger partial charge on any atom is 0.137 e. The van der Waals surface area contributed by atoms with Crippen LogP contribution in [0.4, 0.5) is 17.1 Å². The Morgan fingerprint density at radius 2 is 1.02 bits per heavy atom. The van der Waals surface area contributed by atoms with Crippen LogP contribution in [0.5, 0.6) is 0 Å². The quantitative estimate of drug-likeness (QED) is 0.168. The average Bonchev–Trinajstić information content (AvgIpc) is 3.97. The molecule has 0 amide bonds. The third kappa shape index (κ3) is 5.05. The van der Waals surface area contributed by atoms with Crippen LogP contribution in [0.2, 0.25) is 0 Å². The highest BCUT2D eigenvalue weighted by Gasteiger charge is 2.22. The van der Waals surface area contributed by atoms with Gasteiger partial charge in [-0.05, 0) is 83.4 Å². The first-order valence-corrected chi connectivity index (χ1v) is 20.5. The lowest BCUT2D eigenvalue weighted by Gasteiger charge is -2.27. The molecule has 0 aliphatic rings. The highest BCUT2D eigenvalue weighted by atomic mass is 32.1. The predicted octanol–water partition coefficient (Wildman–Crippen LogP) is 15.9. The largest absolute Gasteiger partial charge is 0.456 e. The number of rotatable bonds is 6. The van der Waals surface area contributed by atoms with Gasteiger partial charge in [0.05, 0.1) is 38.2 Å². The van der Waals surface area contributed by atoms with E-state index in [1.165, 1.54) is 64.4 Å². The molecular formula is C54H34N2OS. The third-order valence-corrected chi connectivity index (χ3v) is 12.8. The molecule has 3 nitrogen and oxygen atoms in total. The Hall–Kier alpha value is -7.40. The molecule has 3 heterocycles. The third-order valence-electron chi connectivity index (χ3n) is 11.6. The van der Waals surface area contributed by atoms with Gasteiger partial charge in [-0.15, -0.1) is 11.3 Å². The van der Waals surface area contributed by atoms with Crippen LogP contribution in [0.3, 0.4) is 0 Å². The fourth-order valence-electron chi connectivity index (χ4n) is 9.02. The minimum absolute atomic E-state index is 0.877. The van der Waals surface area contributed by atoms with Crippen molar-refractivity contribution in [3.8, 4) is 27.9 Å². The van der Waals surface area contributed by atoms with Crippen LogP contribution in [0.1, 0.15) is 0 Å². The molecule has 4 heteroatoms. The van der Waals surface area contributed by atoms with Crippen molar-refractivity contribution in [3.05, 3.63) is 206 Å². The molecule has 9 aromatic carbocycles. The number of nitrogens with zero attached hydrogens (tertiary/aromatic N) is 2. The van der Waals surface area contributed by atoms with Crippen molar-refractivity contribution in [1.82, 2.24) is 4.57 Å². The van der Waals surface area contributed by atoms with Crippen molar-refractivity contribution in [1.29, 1.82) is 0 Å². The summed E-state index contributed by atoms with van der Waals surface area (Å²) in [6.45, 7) is 0. The Labute approximate surface area is 338 Å². The number of para-hydroxylation sites is 4. The fourth-order valence-corrected chi connectivity index (χ4v) is 10.2. The molecule has 12 aromatic rings. The van der Waals surface area contributed by atoms with Gasteiger partial charge in [0.25, 0.3) is 0 Å². The highest BCUT2D eigenvalue weighted by molar-refractivity contribution is 7.26. The first-order valence-electron chi connectivity index (χ1n) is 19.7. The van der Waals surface area contributed by atoms with Crippen LogP contribution in [-0.2, 0) is 0 Å². The minimum Gasteiger partial charge on any atom is -0.456 e. The van der Waals surface area contributed by atoms with Gasteiger partial charge in [-0.3, -0.25) is 0 Å². The lowest BCUT2D eigenvalue weighted by atomic mass is 9.97. The average molecular weight is 759 g/mol. The molecular weight excluding hydrogens is 725 g/mol. The van der Waals surface area contributed by atoms with Crippen molar-refractivity contribution >= 4 is 92.3 Å². The SMILES string of the molecule is c1cc(-c2ccc(N(c3cccc4c3sc3ccccc34)c3cccc4oc5ccccc5c34)cc2)cc(-c2ccccc2-n2c3ccccc3c3ccccc32)c1. The van der Waals surface area contributed by atoms with Gasteiger partial charge in [-0.2, -0.15) is 0 Å². The lowest BCUT2D eigenvalue weighted by molar-refractivity contribution is 0.669.